The SMILES string of the molecule is Cc1nn(C)c(COc2cc(CCl)ccc2[N+](=O)[O-])c1Br. The van der Waals surface area contributed by atoms with Gasteiger partial charge in [0.25, 0.3) is 0 Å². The quantitative estimate of drug-likeness (QED) is 0.454. The lowest BCUT2D eigenvalue weighted by Gasteiger charge is -2.09. The minimum atomic E-state index is -0.475. The van der Waals surface area contributed by atoms with Crippen molar-refractivity contribution in [3.05, 3.63) is 49.7 Å². The Balaban J connectivity index is 2.28. The van der Waals surface area contributed by atoms with Crippen molar-refractivity contribution in [2.45, 2.75) is 19.4 Å². The van der Waals surface area contributed by atoms with Crippen molar-refractivity contribution >= 4 is 33.2 Å². The fraction of sp³-hybridized carbons (Fsp3) is 0.308. The van der Waals surface area contributed by atoms with Crippen molar-refractivity contribution in [1.82, 2.24) is 9.78 Å². The molecule has 6 nitrogen and oxygen atoms in total. The molecule has 1 heterocycles. The first kappa shape index (κ1) is 15.8. The van der Waals surface area contributed by atoms with Crippen molar-refractivity contribution in [2.75, 3.05) is 0 Å². The Bertz CT molecular complexity index is 688. The van der Waals surface area contributed by atoms with Crippen LogP contribution in [0.1, 0.15) is 17.0 Å². The van der Waals surface area contributed by atoms with E-state index in [1.165, 1.54) is 6.07 Å². The number of nitro benzene ring substituents is 1. The van der Waals surface area contributed by atoms with Gasteiger partial charge in [-0.3, -0.25) is 14.8 Å². The predicted molar refractivity (Wildman–Crippen MR) is 82.6 cm³/mol. The van der Waals surface area contributed by atoms with E-state index in [-0.39, 0.29) is 23.9 Å². The van der Waals surface area contributed by atoms with E-state index in [4.69, 9.17) is 16.3 Å². The molecule has 112 valence electrons. The van der Waals surface area contributed by atoms with Crippen LogP contribution in [0.25, 0.3) is 0 Å². The average Bonchev–Trinajstić information content (AvgIpc) is 2.69. The number of nitrogens with zero attached hydrogens (tertiary/aromatic N) is 3. The molecule has 0 N–H and O–H groups in total. The number of ether oxygens (including phenoxy) is 1. The lowest BCUT2D eigenvalue weighted by molar-refractivity contribution is -0.386. The van der Waals surface area contributed by atoms with Crippen molar-refractivity contribution < 1.29 is 9.66 Å². The molecular formula is C13H13BrClN3O3. The van der Waals surface area contributed by atoms with Crippen LogP contribution in [0.3, 0.4) is 0 Å². The van der Waals surface area contributed by atoms with Crippen LogP contribution in [-0.2, 0) is 19.5 Å². The van der Waals surface area contributed by atoms with Gasteiger partial charge in [0.15, 0.2) is 5.75 Å². The lowest BCUT2D eigenvalue weighted by Crippen LogP contribution is -2.05. The molecule has 0 amide bonds. The molecule has 0 radical (unpaired) electrons. The number of halogens is 2. The van der Waals surface area contributed by atoms with E-state index in [0.717, 1.165) is 21.4 Å². The van der Waals surface area contributed by atoms with E-state index in [1.807, 2.05) is 6.92 Å². The second-order valence-corrected chi connectivity index (χ2v) is 5.51. The Kier molecular flexibility index (Phi) is 4.84. The number of hydrogen-bond acceptors (Lipinski definition) is 4. The van der Waals surface area contributed by atoms with Gasteiger partial charge in [-0.05, 0) is 34.5 Å². The topological polar surface area (TPSA) is 70.2 Å². The summed E-state index contributed by atoms with van der Waals surface area (Å²) in [5.74, 6) is 0.465. The van der Waals surface area contributed by atoms with Gasteiger partial charge in [0.2, 0.25) is 0 Å². The van der Waals surface area contributed by atoms with Crippen LogP contribution in [-0.4, -0.2) is 14.7 Å². The smallest absolute Gasteiger partial charge is 0.310 e. The normalized spacial score (nSPS) is 10.7. The summed E-state index contributed by atoms with van der Waals surface area (Å²) >= 11 is 9.19. The van der Waals surface area contributed by atoms with Gasteiger partial charge in [-0.15, -0.1) is 11.6 Å². The van der Waals surface area contributed by atoms with Gasteiger partial charge >= 0.3 is 5.69 Å². The number of nitro groups is 1. The fourth-order valence-electron chi connectivity index (χ4n) is 1.89. The summed E-state index contributed by atoms with van der Waals surface area (Å²) in [6.07, 6.45) is 0. The standard InChI is InChI=1S/C13H13BrClN3O3/c1-8-13(14)11(17(2)16-8)7-21-12-5-9(6-15)3-4-10(12)18(19)20/h3-5H,6-7H2,1-2H3. The molecule has 0 spiro atoms. The number of aryl methyl sites for hydroxylation is 2. The lowest BCUT2D eigenvalue weighted by atomic mass is 10.2. The molecule has 21 heavy (non-hydrogen) atoms. The van der Waals surface area contributed by atoms with E-state index in [2.05, 4.69) is 21.0 Å². The van der Waals surface area contributed by atoms with Crippen molar-refractivity contribution in [3.63, 3.8) is 0 Å². The Morgan fingerprint density at radius 1 is 1.52 bits per heavy atom. The second kappa shape index (κ2) is 6.44. The average molecular weight is 375 g/mol. The first-order valence-electron chi connectivity index (χ1n) is 6.08. The molecule has 0 bridgehead atoms. The van der Waals surface area contributed by atoms with Crippen molar-refractivity contribution in [3.8, 4) is 5.75 Å². The maximum atomic E-state index is 11.0. The highest BCUT2D eigenvalue weighted by atomic mass is 79.9. The molecular weight excluding hydrogens is 362 g/mol. The monoisotopic (exact) mass is 373 g/mol. The van der Waals surface area contributed by atoms with Gasteiger partial charge in [0.1, 0.15) is 6.61 Å². The molecule has 0 saturated heterocycles. The summed E-state index contributed by atoms with van der Waals surface area (Å²) in [5, 5.41) is 15.3. The number of hydrogen-bond donors (Lipinski definition) is 0. The molecule has 0 fully saturated rings. The summed E-state index contributed by atoms with van der Waals surface area (Å²) in [6.45, 7) is 2.04. The van der Waals surface area contributed by atoms with E-state index >= 15 is 0 Å². The third-order valence-electron chi connectivity index (χ3n) is 3.00. The molecule has 2 rings (SSSR count). The predicted octanol–water partition coefficient (Wildman–Crippen LogP) is 3.72. The van der Waals surface area contributed by atoms with Crippen LogP contribution in [0.4, 0.5) is 5.69 Å². The van der Waals surface area contributed by atoms with Crippen LogP contribution in [0.15, 0.2) is 22.7 Å². The molecule has 8 heteroatoms. The van der Waals surface area contributed by atoms with E-state index in [1.54, 1.807) is 23.9 Å². The van der Waals surface area contributed by atoms with Crippen molar-refractivity contribution in [2.24, 2.45) is 7.05 Å². The molecule has 0 aliphatic rings. The van der Waals surface area contributed by atoms with Crippen LogP contribution >= 0.6 is 27.5 Å². The van der Waals surface area contributed by atoms with Gasteiger partial charge in [-0.25, -0.2) is 0 Å². The maximum Gasteiger partial charge on any atom is 0.310 e. The zero-order chi connectivity index (χ0) is 15.6. The highest BCUT2D eigenvalue weighted by Gasteiger charge is 2.18. The van der Waals surface area contributed by atoms with Gasteiger partial charge < -0.3 is 4.74 Å². The van der Waals surface area contributed by atoms with E-state index < -0.39 is 4.92 Å². The first-order valence-corrected chi connectivity index (χ1v) is 7.40. The Morgan fingerprint density at radius 3 is 2.76 bits per heavy atom. The molecule has 1 aromatic carbocycles. The summed E-state index contributed by atoms with van der Waals surface area (Å²) < 4.78 is 8.12. The summed E-state index contributed by atoms with van der Waals surface area (Å²) in [6, 6.07) is 4.60. The molecule has 2 aromatic rings. The highest BCUT2D eigenvalue weighted by Crippen LogP contribution is 2.30. The maximum absolute atomic E-state index is 11.0. The molecule has 0 aliphatic heterocycles. The van der Waals surface area contributed by atoms with Gasteiger partial charge in [0, 0.05) is 19.0 Å². The molecule has 0 atom stereocenters. The minimum Gasteiger partial charge on any atom is -0.480 e. The molecule has 1 aromatic heterocycles. The van der Waals surface area contributed by atoms with Crippen LogP contribution < -0.4 is 4.74 Å². The zero-order valence-electron chi connectivity index (χ0n) is 11.5. The summed E-state index contributed by atoms with van der Waals surface area (Å²) in [5.41, 5.74) is 2.31. The minimum absolute atomic E-state index is 0.0844. The Labute approximate surface area is 134 Å². The molecule has 0 saturated carbocycles. The fourth-order valence-corrected chi connectivity index (χ4v) is 2.51. The number of benzene rings is 1. The Morgan fingerprint density at radius 2 is 2.24 bits per heavy atom. The third-order valence-corrected chi connectivity index (χ3v) is 4.34. The van der Waals surface area contributed by atoms with Crippen molar-refractivity contribution in [1.29, 1.82) is 0 Å². The van der Waals surface area contributed by atoms with Crippen LogP contribution in [0.5, 0.6) is 5.75 Å². The zero-order valence-corrected chi connectivity index (χ0v) is 13.8. The number of alkyl halides is 1. The number of aromatic nitrogens is 2. The summed E-state index contributed by atoms with van der Waals surface area (Å²) in [7, 11) is 1.79. The van der Waals surface area contributed by atoms with E-state index in [9.17, 15) is 10.1 Å². The van der Waals surface area contributed by atoms with E-state index in [0.29, 0.717) is 0 Å². The Hall–Kier alpha value is -1.60. The van der Waals surface area contributed by atoms with Gasteiger partial charge in [0.05, 0.1) is 20.8 Å². The largest absolute Gasteiger partial charge is 0.480 e. The molecule has 0 unspecified atom stereocenters. The second-order valence-electron chi connectivity index (χ2n) is 4.45. The first-order chi connectivity index (χ1) is 9.93. The number of rotatable bonds is 5. The van der Waals surface area contributed by atoms with Crippen LogP contribution in [0.2, 0.25) is 0 Å². The highest BCUT2D eigenvalue weighted by molar-refractivity contribution is 9.10. The summed E-state index contributed by atoms with van der Waals surface area (Å²) in [4.78, 5) is 10.6. The van der Waals surface area contributed by atoms with Gasteiger partial charge in [-0.1, -0.05) is 6.07 Å². The third kappa shape index (κ3) is 3.36. The van der Waals surface area contributed by atoms with Crippen LogP contribution in [0, 0.1) is 17.0 Å². The molecule has 0 aliphatic carbocycles. The van der Waals surface area contributed by atoms with Gasteiger partial charge in [-0.2, -0.15) is 5.10 Å².